The van der Waals surface area contributed by atoms with E-state index in [4.69, 9.17) is 9.84 Å². The molecule has 110 valence electrons. The lowest BCUT2D eigenvalue weighted by Gasteiger charge is -2.33. The minimum absolute atomic E-state index is 0.241. The number of aromatic nitrogens is 2. The fourth-order valence-corrected chi connectivity index (χ4v) is 2.63. The van der Waals surface area contributed by atoms with Crippen LogP contribution >= 0.6 is 0 Å². The van der Waals surface area contributed by atoms with E-state index < -0.39 is 5.97 Å². The van der Waals surface area contributed by atoms with Crippen LogP contribution in [0.5, 0.6) is 5.88 Å². The summed E-state index contributed by atoms with van der Waals surface area (Å²) in [5.41, 5.74) is 0. The van der Waals surface area contributed by atoms with Gasteiger partial charge in [-0.3, -0.25) is 4.79 Å². The van der Waals surface area contributed by atoms with Crippen LogP contribution in [0.4, 0.5) is 5.82 Å². The number of hydrogen-bond acceptors (Lipinski definition) is 5. The van der Waals surface area contributed by atoms with E-state index in [1.807, 2.05) is 13.0 Å². The second kappa shape index (κ2) is 6.54. The summed E-state index contributed by atoms with van der Waals surface area (Å²) in [6.45, 7) is 3.65. The van der Waals surface area contributed by atoms with Gasteiger partial charge in [-0.2, -0.15) is 4.98 Å². The van der Waals surface area contributed by atoms with E-state index in [-0.39, 0.29) is 6.42 Å². The Morgan fingerprint density at radius 2 is 2.35 bits per heavy atom. The van der Waals surface area contributed by atoms with Crippen molar-refractivity contribution in [2.45, 2.75) is 32.6 Å². The van der Waals surface area contributed by atoms with E-state index in [9.17, 15) is 4.79 Å². The molecule has 0 aromatic carbocycles. The summed E-state index contributed by atoms with van der Waals surface area (Å²) in [4.78, 5) is 21.5. The Morgan fingerprint density at radius 1 is 1.55 bits per heavy atom. The van der Waals surface area contributed by atoms with Crippen molar-refractivity contribution in [2.75, 3.05) is 25.1 Å². The van der Waals surface area contributed by atoms with E-state index in [1.165, 1.54) is 0 Å². The van der Waals surface area contributed by atoms with Crippen molar-refractivity contribution in [3.8, 4) is 5.88 Å². The summed E-state index contributed by atoms with van der Waals surface area (Å²) in [5.74, 6) is 1.82. The highest BCUT2D eigenvalue weighted by molar-refractivity contribution is 5.66. The van der Waals surface area contributed by atoms with Crippen molar-refractivity contribution in [1.29, 1.82) is 0 Å². The molecular formula is C14H21N3O3. The summed E-state index contributed by atoms with van der Waals surface area (Å²) in [6.07, 6.45) is 3.12. The molecule has 1 saturated heterocycles. The van der Waals surface area contributed by atoms with Gasteiger partial charge in [-0.15, -0.1) is 0 Å². The van der Waals surface area contributed by atoms with Gasteiger partial charge >= 0.3 is 5.97 Å². The Kier molecular flexibility index (Phi) is 4.76. The number of rotatable bonds is 5. The first-order valence-electron chi connectivity index (χ1n) is 6.95. The molecule has 0 saturated carbocycles. The Balaban J connectivity index is 2.04. The first-order valence-corrected chi connectivity index (χ1v) is 6.95. The van der Waals surface area contributed by atoms with E-state index in [2.05, 4.69) is 14.9 Å². The van der Waals surface area contributed by atoms with Crippen molar-refractivity contribution >= 4 is 11.8 Å². The van der Waals surface area contributed by atoms with Gasteiger partial charge in [0.05, 0.1) is 7.11 Å². The molecular weight excluding hydrogens is 258 g/mol. The molecule has 6 heteroatoms. The summed E-state index contributed by atoms with van der Waals surface area (Å²) >= 11 is 0. The largest absolute Gasteiger partial charge is 0.481 e. The first-order chi connectivity index (χ1) is 9.58. The van der Waals surface area contributed by atoms with Crippen LogP contribution in [0.2, 0.25) is 0 Å². The summed E-state index contributed by atoms with van der Waals surface area (Å²) in [6, 6.07) is 1.84. The van der Waals surface area contributed by atoms with Gasteiger partial charge in [0.1, 0.15) is 11.6 Å². The molecule has 1 unspecified atom stereocenters. The lowest BCUT2D eigenvalue weighted by Crippen LogP contribution is -2.36. The predicted molar refractivity (Wildman–Crippen MR) is 75.1 cm³/mol. The van der Waals surface area contributed by atoms with Crippen LogP contribution in [0.25, 0.3) is 0 Å². The maximum atomic E-state index is 10.7. The molecule has 0 amide bonds. The van der Waals surface area contributed by atoms with E-state index >= 15 is 0 Å². The SMILES string of the molecule is COc1cc(N2CCCC(CCC(=O)O)C2)nc(C)n1. The summed E-state index contributed by atoms with van der Waals surface area (Å²) < 4.78 is 5.18. The van der Waals surface area contributed by atoms with Crippen LogP contribution < -0.4 is 9.64 Å². The van der Waals surface area contributed by atoms with Crippen molar-refractivity contribution in [1.82, 2.24) is 9.97 Å². The molecule has 20 heavy (non-hydrogen) atoms. The summed E-state index contributed by atoms with van der Waals surface area (Å²) in [7, 11) is 1.59. The molecule has 1 atom stereocenters. The smallest absolute Gasteiger partial charge is 0.303 e. The van der Waals surface area contributed by atoms with Gasteiger partial charge in [-0.1, -0.05) is 0 Å². The zero-order valence-electron chi connectivity index (χ0n) is 12.0. The van der Waals surface area contributed by atoms with Gasteiger partial charge in [0.25, 0.3) is 0 Å². The second-order valence-corrected chi connectivity index (χ2v) is 5.20. The molecule has 1 N–H and O–H groups in total. The molecule has 0 spiro atoms. The number of nitrogens with zero attached hydrogens (tertiary/aromatic N) is 3. The molecule has 1 fully saturated rings. The van der Waals surface area contributed by atoms with Crippen molar-refractivity contribution in [3.63, 3.8) is 0 Å². The Morgan fingerprint density at radius 3 is 3.05 bits per heavy atom. The number of methoxy groups -OCH3 is 1. The maximum absolute atomic E-state index is 10.7. The molecule has 2 heterocycles. The number of carboxylic acids is 1. The third kappa shape index (κ3) is 3.82. The molecule has 1 aromatic rings. The number of carbonyl (C=O) groups is 1. The quantitative estimate of drug-likeness (QED) is 0.887. The normalized spacial score (nSPS) is 18.9. The molecule has 0 aliphatic carbocycles. The summed E-state index contributed by atoms with van der Waals surface area (Å²) in [5, 5.41) is 8.78. The highest BCUT2D eigenvalue weighted by atomic mass is 16.5. The fraction of sp³-hybridized carbons (Fsp3) is 0.643. The minimum Gasteiger partial charge on any atom is -0.481 e. The predicted octanol–water partition coefficient (Wildman–Crippen LogP) is 1.87. The number of aliphatic carboxylic acids is 1. The average Bonchev–Trinajstić information content (AvgIpc) is 2.44. The number of hydrogen-bond donors (Lipinski definition) is 1. The van der Waals surface area contributed by atoms with Gasteiger partial charge in [-0.05, 0) is 32.1 Å². The molecule has 0 radical (unpaired) electrons. The number of aryl methyl sites for hydroxylation is 1. The van der Waals surface area contributed by atoms with Crippen LogP contribution in [-0.2, 0) is 4.79 Å². The lowest BCUT2D eigenvalue weighted by molar-refractivity contribution is -0.137. The third-order valence-corrected chi connectivity index (χ3v) is 3.62. The Labute approximate surface area is 118 Å². The van der Waals surface area contributed by atoms with Crippen LogP contribution in [0.1, 0.15) is 31.5 Å². The monoisotopic (exact) mass is 279 g/mol. The van der Waals surface area contributed by atoms with Gasteiger partial charge in [-0.25, -0.2) is 4.98 Å². The topological polar surface area (TPSA) is 75.5 Å². The minimum atomic E-state index is -0.721. The first kappa shape index (κ1) is 14.6. The van der Waals surface area contributed by atoms with E-state index in [1.54, 1.807) is 7.11 Å². The third-order valence-electron chi connectivity index (χ3n) is 3.62. The lowest BCUT2D eigenvalue weighted by atomic mass is 9.93. The molecule has 1 aromatic heterocycles. The fourth-order valence-electron chi connectivity index (χ4n) is 2.63. The molecule has 1 aliphatic rings. The van der Waals surface area contributed by atoms with Crippen molar-refractivity contribution < 1.29 is 14.6 Å². The van der Waals surface area contributed by atoms with Gasteiger partial charge in [0, 0.05) is 25.6 Å². The van der Waals surface area contributed by atoms with Crippen LogP contribution in [-0.4, -0.2) is 41.2 Å². The second-order valence-electron chi connectivity index (χ2n) is 5.20. The van der Waals surface area contributed by atoms with E-state index in [0.717, 1.165) is 38.2 Å². The van der Waals surface area contributed by atoms with Crippen LogP contribution in [0.15, 0.2) is 6.07 Å². The highest BCUT2D eigenvalue weighted by Crippen LogP contribution is 2.26. The molecule has 1 aliphatic heterocycles. The Hall–Kier alpha value is -1.85. The molecule has 0 bridgehead atoms. The zero-order chi connectivity index (χ0) is 14.5. The number of carboxylic acid groups (broad SMARTS) is 1. The Bertz CT molecular complexity index is 479. The van der Waals surface area contributed by atoms with Crippen molar-refractivity contribution in [3.05, 3.63) is 11.9 Å². The average molecular weight is 279 g/mol. The maximum Gasteiger partial charge on any atom is 0.303 e. The van der Waals surface area contributed by atoms with E-state index in [0.29, 0.717) is 17.6 Å². The number of anilines is 1. The molecule has 2 rings (SSSR count). The van der Waals surface area contributed by atoms with Gasteiger partial charge in [0.2, 0.25) is 5.88 Å². The van der Waals surface area contributed by atoms with Gasteiger partial charge in [0.15, 0.2) is 0 Å². The van der Waals surface area contributed by atoms with Crippen LogP contribution in [0, 0.1) is 12.8 Å². The van der Waals surface area contributed by atoms with Crippen LogP contribution in [0.3, 0.4) is 0 Å². The number of piperidine rings is 1. The number of ether oxygens (including phenoxy) is 1. The van der Waals surface area contributed by atoms with Gasteiger partial charge < -0.3 is 14.7 Å². The van der Waals surface area contributed by atoms with Crippen molar-refractivity contribution in [2.24, 2.45) is 5.92 Å². The zero-order valence-corrected chi connectivity index (χ0v) is 12.0. The standard InChI is InChI=1S/C14H21N3O3/c1-10-15-12(8-13(16-10)20-2)17-7-3-4-11(9-17)5-6-14(18)19/h8,11H,3-7,9H2,1-2H3,(H,18,19). The molecule has 6 nitrogen and oxygen atoms in total. The highest BCUT2D eigenvalue weighted by Gasteiger charge is 2.22.